The van der Waals surface area contributed by atoms with Crippen LogP contribution in [0.25, 0.3) is 0 Å². The molecule has 0 aromatic carbocycles. The summed E-state index contributed by atoms with van der Waals surface area (Å²) < 4.78 is 12.6. The van der Waals surface area contributed by atoms with Gasteiger partial charge in [-0.05, 0) is 90.3 Å². The van der Waals surface area contributed by atoms with Gasteiger partial charge in [0.1, 0.15) is 0 Å². The minimum absolute atomic E-state index is 0.155. The van der Waals surface area contributed by atoms with Crippen molar-refractivity contribution in [1.29, 1.82) is 0 Å². The lowest BCUT2D eigenvalue weighted by Crippen LogP contribution is -2.63. The molecule has 0 aromatic rings. The minimum Gasteiger partial charge on any atom is -0.306 e. The van der Waals surface area contributed by atoms with Crippen LogP contribution < -0.4 is 0 Å². The van der Waals surface area contributed by atoms with Gasteiger partial charge < -0.3 is 9.47 Å². The molecule has 2 heteroatoms. The average molecular weight is 443 g/mol. The SMILES string of the molecule is CC(C)CCC[C@@H](C)[C@H]1CC[C@@]2(C)[C@H]1CC[C@@H]1[C@@]3(C)CC45OC4(O5)C(C)(C)C3CC[C@]12C. The fraction of sp³-hybridized carbons (Fsp3) is 1.00. The van der Waals surface area contributed by atoms with E-state index in [0.29, 0.717) is 16.2 Å². The second-order valence-corrected chi connectivity index (χ2v) is 15.1. The van der Waals surface area contributed by atoms with Crippen LogP contribution in [-0.2, 0) is 9.47 Å². The number of rotatable bonds is 5. The van der Waals surface area contributed by atoms with Crippen molar-refractivity contribution >= 4 is 0 Å². The molecule has 2 nitrogen and oxygen atoms in total. The van der Waals surface area contributed by atoms with Crippen molar-refractivity contribution in [2.45, 2.75) is 131 Å². The number of epoxide rings is 2. The number of ether oxygens (including phenoxy) is 2. The van der Waals surface area contributed by atoms with E-state index in [1.54, 1.807) is 0 Å². The predicted molar refractivity (Wildman–Crippen MR) is 130 cm³/mol. The summed E-state index contributed by atoms with van der Waals surface area (Å²) in [4.78, 5) is 0. The molecule has 2 aliphatic heterocycles. The first-order valence-corrected chi connectivity index (χ1v) is 14.3. The van der Waals surface area contributed by atoms with Gasteiger partial charge in [0, 0.05) is 11.8 Å². The van der Waals surface area contributed by atoms with E-state index in [-0.39, 0.29) is 17.0 Å². The number of fused-ring (bicyclic) bond motifs is 5. The fourth-order valence-corrected chi connectivity index (χ4v) is 11.4. The molecule has 182 valence electrons. The lowest BCUT2D eigenvalue weighted by molar-refractivity contribution is -0.200. The molecule has 0 aromatic heterocycles. The molecule has 0 spiro atoms. The van der Waals surface area contributed by atoms with Crippen molar-refractivity contribution in [3.05, 3.63) is 0 Å². The highest BCUT2D eigenvalue weighted by molar-refractivity contribution is 5.33. The van der Waals surface area contributed by atoms with Crippen molar-refractivity contribution < 1.29 is 9.47 Å². The Hall–Kier alpha value is -0.0800. The maximum atomic E-state index is 6.32. The molecular formula is C30H50O2. The summed E-state index contributed by atoms with van der Waals surface area (Å²) in [6.07, 6.45) is 14.1. The zero-order chi connectivity index (χ0) is 22.9. The van der Waals surface area contributed by atoms with E-state index < -0.39 is 0 Å². The Morgan fingerprint density at radius 2 is 1.47 bits per heavy atom. The van der Waals surface area contributed by atoms with Gasteiger partial charge in [-0.2, -0.15) is 0 Å². The summed E-state index contributed by atoms with van der Waals surface area (Å²) in [5.74, 6) is 4.82. The zero-order valence-corrected chi connectivity index (χ0v) is 22.4. The van der Waals surface area contributed by atoms with Crippen molar-refractivity contribution in [3.8, 4) is 0 Å². The van der Waals surface area contributed by atoms with Gasteiger partial charge in [0.2, 0.25) is 11.6 Å². The Kier molecular flexibility index (Phi) is 4.46. The highest BCUT2D eigenvalue weighted by Crippen LogP contribution is 2.87. The average Bonchev–Trinajstić information content (AvgIpc) is 3.46. The Bertz CT molecular complexity index is 793. The molecule has 6 rings (SSSR count). The molecule has 0 amide bonds. The van der Waals surface area contributed by atoms with Gasteiger partial charge in [-0.25, -0.2) is 0 Å². The van der Waals surface area contributed by atoms with E-state index >= 15 is 0 Å². The molecule has 1 unspecified atom stereocenters. The van der Waals surface area contributed by atoms with E-state index in [2.05, 4.69) is 55.4 Å². The molecule has 6 fully saturated rings. The fourth-order valence-electron chi connectivity index (χ4n) is 11.4. The summed E-state index contributed by atoms with van der Waals surface area (Å²) in [5, 5.41) is 0. The lowest BCUT2D eigenvalue weighted by Gasteiger charge is -2.68. The molecule has 8 atom stereocenters. The van der Waals surface area contributed by atoms with E-state index in [4.69, 9.17) is 9.47 Å². The third kappa shape index (κ3) is 2.41. The first-order valence-electron chi connectivity index (χ1n) is 14.3. The smallest absolute Gasteiger partial charge is 0.234 e. The minimum atomic E-state index is -0.205. The lowest BCUT2D eigenvalue weighted by atomic mass is 9.35. The quantitative estimate of drug-likeness (QED) is 0.401. The maximum absolute atomic E-state index is 6.32. The number of hydrogen-bond donors (Lipinski definition) is 0. The second kappa shape index (κ2) is 6.37. The van der Waals surface area contributed by atoms with Crippen LogP contribution in [0.2, 0.25) is 0 Å². The monoisotopic (exact) mass is 442 g/mol. The van der Waals surface area contributed by atoms with Gasteiger partial charge in [-0.3, -0.25) is 0 Å². The Balaban J connectivity index is 1.26. The summed E-state index contributed by atoms with van der Waals surface area (Å²) in [6.45, 7) is 20.4. The van der Waals surface area contributed by atoms with Crippen LogP contribution in [0, 0.1) is 57.2 Å². The summed E-state index contributed by atoms with van der Waals surface area (Å²) in [7, 11) is 0. The van der Waals surface area contributed by atoms with Crippen LogP contribution in [0.15, 0.2) is 0 Å². The Labute approximate surface area is 198 Å². The van der Waals surface area contributed by atoms with Gasteiger partial charge >= 0.3 is 0 Å². The van der Waals surface area contributed by atoms with E-state index in [0.717, 1.165) is 41.9 Å². The largest absolute Gasteiger partial charge is 0.306 e. The molecule has 32 heavy (non-hydrogen) atoms. The van der Waals surface area contributed by atoms with Crippen molar-refractivity contribution in [1.82, 2.24) is 0 Å². The van der Waals surface area contributed by atoms with Crippen LogP contribution in [0.3, 0.4) is 0 Å². The maximum Gasteiger partial charge on any atom is 0.234 e. The van der Waals surface area contributed by atoms with E-state index in [1.165, 1.54) is 57.8 Å². The molecule has 2 heterocycles. The molecule has 6 aliphatic rings. The highest BCUT2D eigenvalue weighted by Gasteiger charge is 2.99. The zero-order valence-electron chi connectivity index (χ0n) is 22.4. The van der Waals surface area contributed by atoms with Crippen molar-refractivity contribution in [2.24, 2.45) is 57.2 Å². The van der Waals surface area contributed by atoms with Gasteiger partial charge in [-0.1, -0.05) is 74.7 Å². The third-order valence-electron chi connectivity index (χ3n) is 13.3. The molecule has 4 saturated carbocycles. The predicted octanol–water partition coefficient (Wildman–Crippen LogP) is 8.20. The normalized spacial score (nSPS) is 57.7. The van der Waals surface area contributed by atoms with Gasteiger partial charge in [0.05, 0.1) is 0 Å². The summed E-state index contributed by atoms with van der Waals surface area (Å²) in [5.41, 5.74) is 1.51. The van der Waals surface area contributed by atoms with Crippen molar-refractivity contribution in [3.63, 3.8) is 0 Å². The summed E-state index contributed by atoms with van der Waals surface area (Å²) >= 11 is 0. The van der Waals surface area contributed by atoms with E-state index in [9.17, 15) is 0 Å². The highest BCUT2D eigenvalue weighted by atomic mass is 17.0. The molecule has 4 aliphatic carbocycles. The van der Waals surface area contributed by atoms with Crippen LogP contribution in [0.1, 0.15) is 120 Å². The van der Waals surface area contributed by atoms with Crippen LogP contribution >= 0.6 is 0 Å². The van der Waals surface area contributed by atoms with E-state index in [1.807, 2.05) is 0 Å². The van der Waals surface area contributed by atoms with Crippen LogP contribution in [0.4, 0.5) is 0 Å². The Morgan fingerprint density at radius 3 is 2.16 bits per heavy atom. The molecule has 0 radical (unpaired) electrons. The van der Waals surface area contributed by atoms with Gasteiger partial charge in [-0.15, -0.1) is 0 Å². The van der Waals surface area contributed by atoms with Gasteiger partial charge in [0.15, 0.2) is 0 Å². The molecular weight excluding hydrogens is 392 g/mol. The molecule has 0 N–H and O–H groups in total. The van der Waals surface area contributed by atoms with Gasteiger partial charge in [0.25, 0.3) is 0 Å². The molecule has 0 bridgehead atoms. The third-order valence-corrected chi connectivity index (χ3v) is 13.3. The first-order chi connectivity index (χ1) is 14.9. The topological polar surface area (TPSA) is 25.1 Å². The molecule has 2 saturated heterocycles. The van der Waals surface area contributed by atoms with Crippen LogP contribution in [0.5, 0.6) is 0 Å². The standard InChI is InChI=1S/C30H50O2/c1-19(2)10-9-11-20(3)21-14-16-27(7)22(21)12-13-24-26(6)18-29-30(31-29,32-29)25(4,5)23(26)15-17-28(24,27)8/h19-24H,9-18H2,1-8H3/t20-,21-,22+,23?,24-,26+,27+,28-,29?,30?/m1/s1. The summed E-state index contributed by atoms with van der Waals surface area (Å²) in [6, 6.07) is 0. The van der Waals surface area contributed by atoms with Crippen LogP contribution in [-0.4, -0.2) is 11.6 Å². The number of hydrogen-bond acceptors (Lipinski definition) is 2. The van der Waals surface area contributed by atoms with Crippen molar-refractivity contribution in [2.75, 3.05) is 0 Å². The second-order valence-electron chi connectivity index (χ2n) is 15.1. The first kappa shape index (κ1) is 22.4. The Morgan fingerprint density at radius 1 is 0.781 bits per heavy atom.